The Bertz CT molecular complexity index is 955. The molecule has 1 atom stereocenters. The summed E-state index contributed by atoms with van der Waals surface area (Å²) < 4.78 is 18.1. The molecule has 0 unspecified atom stereocenters. The van der Waals surface area contributed by atoms with Gasteiger partial charge in [0.15, 0.2) is 0 Å². The van der Waals surface area contributed by atoms with Crippen molar-refractivity contribution in [1.82, 2.24) is 5.32 Å². The molecule has 3 rings (SSSR count). The lowest BCUT2D eigenvalue weighted by Crippen LogP contribution is -2.43. The molecule has 0 bridgehead atoms. The Morgan fingerprint density at radius 1 is 1.00 bits per heavy atom. The maximum atomic E-state index is 13.3. The van der Waals surface area contributed by atoms with Crippen molar-refractivity contribution in [3.63, 3.8) is 0 Å². The minimum atomic E-state index is -0.864. The summed E-state index contributed by atoms with van der Waals surface area (Å²) in [7, 11) is 1.27. The second-order valence-corrected chi connectivity index (χ2v) is 5.95. The van der Waals surface area contributed by atoms with Crippen LogP contribution in [0.5, 0.6) is 0 Å². The van der Waals surface area contributed by atoms with Gasteiger partial charge in [0.1, 0.15) is 11.9 Å². The van der Waals surface area contributed by atoms with E-state index in [1.807, 2.05) is 42.5 Å². The summed E-state index contributed by atoms with van der Waals surface area (Å²) in [6.07, 6.45) is 0.276. The summed E-state index contributed by atoms with van der Waals surface area (Å²) in [5.41, 5.74) is 1.04. The van der Waals surface area contributed by atoms with Crippen LogP contribution in [0.4, 0.5) is 4.39 Å². The van der Waals surface area contributed by atoms with E-state index in [1.54, 1.807) is 0 Å². The van der Waals surface area contributed by atoms with Crippen molar-refractivity contribution in [2.24, 2.45) is 0 Å². The maximum Gasteiger partial charge on any atom is 0.328 e. The molecule has 3 aromatic carbocycles. The van der Waals surface area contributed by atoms with Crippen LogP contribution in [-0.2, 0) is 16.0 Å². The van der Waals surface area contributed by atoms with Crippen molar-refractivity contribution in [1.29, 1.82) is 0 Å². The van der Waals surface area contributed by atoms with Crippen LogP contribution in [-0.4, -0.2) is 25.0 Å². The predicted molar refractivity (Wildman–Crippen MR) is 97.3 cm³/mol. The number of rotatable bonds is 5. The molecule has 0 aliphatic heterocycles. The highest BCUT2D eigenvalue weighted by atomic mass is 19.1. The topological polar surface area (TPSA) is 55.4 Å². The standard InChI is InChI=1S/C21H18FNO3/c1-26-21(25)19(23-20(24)17-7-4-8-18(22)13-17)12-14-9-10-15-5-2-3-6-16(15)11-14/h2-11,13,19H,12H2,1H3,(H,23,24)/t19-/m0/s1. The van der Waals surface area contributed by atoms with Gasteiger partial charge in [0, 0.05) is 12.0 Å². The van der Waals surface area contributed by atoms with Gasteiger partial charge in [-0.1, -0.05) is 48.5 Å². The van der Waals surface area contributed by atoms with Crippen LogP contribution in [0.1, 0.15) is 15.9 Å². The van der Waals surface area contributed by atoms with Crippen LogP contribution in [0, 0.1) is 5.82 Å². The number of benzene rings is 3. The molecule has 0 aliphatic rings. The van der Waals surface area contributed by atoms with Gasteiger partial charge >= 0.3 is 5.97 Å². The number of amides is 1. The van der Waals surface area contributed by atoms with Crippen LogP contribution < -0.4 is 5.32 Å². The van der Waals surface area contributed by atoms with Gasteiger partial charge in [-0.2, -0.15) is 0 Å². The van der Waals surface area contributed by atoms with Gasteiger partial charge in [-0.05, 0) is 34.5 Å². The van der Waals surface area contributed by atoms with Crippen molar-refractivity contribution in [2.45, 2.75) is 12.5 Å². The highest BCUT2D eigenvalue weighted by Gasteiger charge is 2.23. The molecule has 1 N–H and O–H groups in total. The fraction of sp³-hybridized carbons (Fsp3) is 0.143. The van der Waals surface area contributed by atoms with Crippen molar-refractivity contribution >= 4 is 22.6 Å². The van der Waals surface area contributed by atoms with Gasteiger partial charge < -0.3 is 10.1 Å². The average molecular weight is 351 g/mol. The molecule has 0 aromatic heterocycles. The summed E-state index contributed by atoms with van der Waals surface area (Å²) in [6.45, 7) is 0. The van der Waals surface area contributed by atoms with Gasteiger partial charge in [0.05, 0.1) is 7.11 Å². The Balaban J connectivity index is 1.81. The molecule has 0 aliphatic carbocycles. The molecule has 0 saturated heterocycles. The Kier molecular flexibility index (Phi) is 5.27. The number of nitrogens with one attached hydrogen (secondary N) is 1. The summed E-state index contributed by atoms with van der Waals surface area (Å²) in [6, 6.07) is 18.2. The van der Waals surface area contributed by atoms with Crippen LogP contribution in [0.25, 0.3) is 10.8 Å². The first-order valence-electron chi connectivity index (χ1n) is 8.19. The van der Waals surface area contributed by atoms with E-state index in [2.05, 4.69) is 5.32 Å². The van der Waals surface area contributed by atoms with Crippen molar-refractivity contribution < 1.29 is 18.7 Å². The van der Waals surface area contributed by atoms with E-state index in [-0.39, 0.29) is 12.0 Å². The van der Waals surface area contributed by atoms with Gasteiger partial charge in [0.25, 0.3) is 5.91 Å². The third-order valence-electron chi connectivity index (χ3n) is 4.13. The lowest BCUT2D eigenvalue weighted by Gasteiger charge is -2.17. The molecule has 1 amide bonds. The van der Waals surface area contributed by atoms with Crippen LogP contribution in [0.3, 0.4) is 0 Å². The van der Waals surface area contributed by atoms with E-state index in [0.717, 1.165) is 22.4 Å². The number of ether oxygens (including phenoxy) is 1. The van der Waals surface area contributed by atoms with Crippen molar-refractivity contribution in [3.05, 3.63) is 83.7 Å². The van der Waals surface area contributed by atoms with Gasteiger partial charge in [-0.15, -0.1) is 0 Å². The minimum absolute atomic E-state index is 0.150. The second kappa shape index (κ2) is 7.78. The third-order valence-corrected chi connectivity index (χ3v) is 4.13. The minimum Gasteiger partial charge on any atom is -0.467 e. The van der Waals surface area contributed by atoms with Crippen LogP contribution >= 0.6 is 0 Å². The molecule has 3 aromatic rings. The molecule has 5 heteroatoms. The molecular weight excluding hydrogens is 333 g/mol. The number of methoxy groups -OCH3 is 1. The molecule has 0 radical (unpaired) electrons. The quantitative estimate of drug-likeness (QED) is 0.716. The summed E-state index contributed by atoms with van der Waals surface area (Å²) >= 11 is 0. The van der Waals surface area contributed by atoms with Crippen LogP contribution in [0.2, 0.25) is 0 Å². The number of hydrogen-bond acceptors (Lipinski definition) is 3. The fourth-order valence-electron chi connectivity index (χ4n) is 2.81. The smallest absolute Gasteiger partial charge is 0.328 e. The lowest BCUT2D eigenvalue weighted by atomic mass is 10.0. The fourth-order valence-corrected chi connectivity index (χ4v) is 2.81. The van der Waals surface area contributed by atoms with Crippen molar-refractivity contribution in [2.75, 3.05) is 7.11 Å². The summed E-state index contributed by atoms with van der Waals surface area (Å²) in [5, 5.41) is 4.77. The predicted octanol–water partition coefficient (Wildman–Crippen LogP) is 3.49. The van der Waals surface area contributed by atoms with E-state index >= 15 is 0 Å². The van der Waals surface area contributed by atoms with E-state index < -0.39 is 23.7 Å². The molecule has 132 valence electrons. The zero-order valence-corrected chi connectivity index (χ0v) is 14.2. The monoisotopic (exact) mass is 351 g/mol. The summed E-state index contributed by atoms with van der Waals surface area (Å²) in [5.74, 6) is -1.59. The lowest BCUT2D eigenvalue weighted by molar-refractivity contribution is -0.142. The molecule has 0 heterocycles. The van der Waals surface area contributed by atoms with E-state index in [9.17, 15) is 14.0 Å². The zero-order valence-electron chi connectivity index (χ0n) is 14.2. The molecule has 0 fully saturated rings. The first kappa shape index (κ1) is 17.6. The largest absolute Gasteiger partial charge is 0.467 e. The SMILES string of the molecule is COC(=O)[C@H](Cc1ccc2ccccc2c1)NC(=O)c1cccc(F)c1. The van der Waals surface area contributed by atoms with Crippen molar-refractivity contribution in [3.8, 4) is 0 Å². The highest BCUT2D eigenvalue weighted by Crippen LogP contribution is 2.17. The molecule has 26 heavy (non-hydrogen) atoms. The normalized spacial score (nSPS) is 11.8. The van der Waals surface area contributed by atoms with Gasteiger partial charge in [0.2, 0.25) is 0 Å². The zero-order chi connectivity index (χ0) is 18.5. The first-order valence-corrected chi connectivity index (χ1v) is 8.19. The third kappa shape index (κ3) is 4.06. The number of carbonyl (C=O) groups is 2. The highest BCUT2D eigenvalue weighted by molar-refractivity contribution is 5.96. The second-order valence-electron chi connectivity index (χ2n) is 5.95. The van der Waals surface area contributed by atoms with Gasteiger partial charge in [-0.3, -0.25) is 4.79 Å². The number of fused-ring (bicyclic) bond motifs is 1. The Labute approximate surface area is 150 Å². The molecule has 4 nitrogen and oxygen atoms in total. The van der Waals surface area contributed by atoms with Gasteiger partial charge in [-0.25, -0.2) is 9.18 Å². The Morgan fingerprint density at radius 2 is 1.77 bits per heavy atom. The molecular formula is C21H18FNO3. The molecule has 0 spiro atoms. The van der Waals surface area contributed by atoms with E-state index in [4.69, 9.17) is 4.74 Å². The average Bonchev–Trinajstić information content (AvgIpc) is 2.66. The van der Waals surface area contributed by atoms with Crippen LogP contribution in [0.15, 0.2) is 66.7 Å². The Hall–Kier alpha value is -3.21. The first-order chi connectivity index (χ1) is 12.6. The molecule has 0 saturated carbocycles. The maximum absolute atomic E-state index is 13.3. The number of esters is 1. The number of halogens is 1. The number of hydrogen-bond donors (Lipinski definition) is 1. The summed E-state index contributed by atoms with van der Waals surface area (Å²) in [4.78, 5) is 24.4. The van der Waals surface area contributed by atoms with E-state index in [0.29, 0.717) is 0 Å². The van der Waals surface area contributed by atoms with E-state index in [1.165, 1.54) is 25.3 Å². The number of carbonyl (C=O) groups excluding carboxylic acids is 2. The Morgan fingerprint density at radius 3 is 2.50 bits per heavy atom.